The molecule has 1 saturated heterocycles. The molecule has 1 unspecified atom stereocenters. The fourth-order valence-electron chi connectivity index (χ4n) is 2.37. The number of hydrogen-bond donors (Lipinski definition) is 1. The second-order valence-electron chi connectivity index (χ2n) is 4.88. The summed E-state index contributed by atoms with van der Waals surface area (Å²) < 4.78 is 13.6. The highest BCUT2D eigenvalue weighted by atomic mass is 32.2. The molecule has 0 radical (unpaired) electrons. The van der Waals surface area contributed by atoms with Gasteiger partial charge in [-0.15, -0.1) is 0 Å². The van der Waals surface area contributed by atoms with Gasteiger partial charge in [0, 0.05) is 24.4 Å². The third kappa shape index (κ3) is 3.28. The van der Waals surface area contributed by atoms with Gasteiger partial charge in [-0.25, -0.2) is 4.39 Å². The molecule has 3 nitrogen and oxygen atoms in total. The first-order valence-electron chi connectivity index (χ1n) is 6.42. The zero-order valence-electron chi connectivity index (χ0n) is 11.1. The molecular formula is C14H19FN2OS. The molecular weight excluding hydrogens is 263 g/mol. The van der Waals surface area contributed by atoms with Gasteiger partial charge in [-0.1, -0.05) is 0 Å². The SMILES string of the molecule is CSCc1cc(C(=O)N2CCC(CN)C2)ccc1F. The number of nitrogens with zero attached hydrogens (tertiary/aromatic N) is 1. The van der Waals surface area contributed by atoms with E-state index >= 15 is 0 Å². The van der Waals surface area contributed by atoms with Crippen LogP contribution >= 0.6 is 11.8 Å². The summed E-state index contributed by atoms with van der Waals surface area (Å²) in [4.78, 5) is 14.1. The van der Waals surface area contributed by atoms with Crippen molar-refractivity contribution in [3.05, 3.63) is 35.1 Å². The van der Waals surface area contributed by atoms with E-state index in [4.69, 9.17) is 5.73 Å². The molecule has 1 amide bonds. The number of benzene rings is 1. The molecule has 0 spiro atoms. The van der Waals surface area contributed by atoms with E-state index in [1.54, 1.807) is 23.9 Å². The quantitative estimate of drug-likeness (QED) is 0.920. The maximum atomic E-state index is 13.6. The Morgan fingerprint density at radius 1 is 1.58 bits per heavy atom. The van der Waals surface area contributed by atoms with Gasteiger partial charge in [0.25, 0.3) is 5.91 Å². The first-order chi connectivity index (χ1) is 9.15. The monoisotopic (exact) mass is 282 g/mol. The van der Waals surface area contributed by atoms with Crippen molar-refractivity contribution in [3.8, 4) is 0 Å². The summed E-state index contributed by atoms with van der Waals surface area (Å²) in [5, 5.41) is 0. The molecule has 19 heavy (non-hydrogen) atoms. The Kier molecular flexibility index (Phi) is 4.82. The summed E-state index contributed by atoms with van der Waals surface area (Å²) in [5.74, 6) is 0.721. The molecule has 0 aromatic heterocycles. The summed E-state index contributed by atoms with van der Waals surface area (Å²) in [6.45, 7) is 2.07. The zero-order valence-corrected chi connectivity index (χ0v) is 11.9. The number of rotatable bonds is 4. The third-order valence-electron chi connectivity index (χ3n) is 3.50. The summed E-state index contributed by atoms with van der Waals surface area (Å²) in [7, 11) is 0. The first-order valence-corrected chi connectivity index (χ1v) is 7.81. The van der Waals surface area contributed by atoms with Gasteiger partial charge in [-0.05, 0) is 48.9 Å². The number of halogens is 1. The number of hydrogen-bond acceptors (Lipinski definition) is 3. The Morgan fingerprint density at radius 2 is 2.37 bits per heavy atom. The highest BCUT2D eigenvalue weighted by Crippen LogP contribution is 2.20. The molecule has 1 aliphatic heterocycles. The first kappa shape index (κ1) is 14.3. The molecule has 1 fully saturated rings. The predicted octanol–water partition coefficient (Wildman–Crippen LogP) is 2.11. The van der Waals surface area contributed by atoms with Crippen LogP contribution in [0.2, 0.25) is 0 Å². The third-order valence-corrected chi connectivity index (χ3v) is 4.10. The van der Waals surface area contributed by atoms with Crippen molar-refractivity contribution in [2.24, 2.45) is 11.7 Å². The van der Waals surface area contributed by atoms with Gasteiger partial charge in [0.05, 0.1) is 0 Å². The Labute approximate surface area is 117 Å². The van der Waals surface area contributed by atoms with Crippen LogP contribution in [0.15, 0.2) is 18.2 Å². The van der Waals surface area contributed by atoms with Crippen LogP contribution in [0.4, 0.5) is 4.39 Å². The number of carbonyl (C=O) groups is 1. The molecule has 1 atom stereocenters. The molecule has 1 aromatic carbocycles. The molecule has 0 saturated carbocycles. The highest BCUT2D eigenvalue weighted by Gasteiger charge is 2.26. The van der Waals surface area contributed by atoms with Gasteiger partial charge < -0.3 is 10.6 Å². The average Bonchev–Trinajstić information content (AvgIpc) is 2.89. The lowest BCUT2D eigenvalue weighted by Crippen LogP contribution is -2.29. The van der Waals surface area contributed by atoms with Crippen molar-refractivity contribution < 1.29 is 9.18 Å². The maximum Gasteiger partial charge on any atom is 0.253 e. The van der Waals surface area contributed by atoms with Crippen molar-refractivity contribution in [2.75, 3.05) is 25.9 Å². The van der Waals surface area contributed by atoms with Crippen LogP contribution < -0.4 is 5.73 Å². The van der Waals surface area contributed by atoms with Gasteiger partial charge >= 0.3 is 0 Å². The van der Waals surface area contributed by atoms with Gasteiger partial charge in [0.2, 0.25) is 0 Å². The Morgan fingerprint density at radius 3 is 3.00 bits per heavy atom. The van der Waals surface area contributed by atoms with Gasteiger partial charge in [-0.2, -0.15) is 11.8 Å². The lowest BCUT2D eigenvalue weighted by molar-refractivity contribution is 0.0787. The summed E-state index contributed by atoms with van der Waals surface area (Å²) in [6, 6.07) is 4.62. The lowest BCUT2D eigenvalue weighted by Gasteiger charge is -2.17. The van der Waals surface area contributed by atoms with E-state index in [0.717, 1.165) is 13.0 Å². The van der Waals surface area contributed by atoms with Crippen LogP contribution in [-0.2, 0) is 5.75 Å². The van der Waals surface area contributed by atoms with Crippen molar-refractivity contribution in [1.82, 2.24) is 4.90 Å². The van der Waals surface area contributed by atoms with Gasteiger partial charge in [0.1, 0.15) is 5.82 Å². The summed E-state index contributed by atoms with van der Waals surface area (Å²) in [6.07, 6.45) is 2.88. The number of thioether (sulfide) groups is 1. The molecule has 0 aliphatic carbocycles. The van der Waals surface area contributed by atoms with Crippen LogP contribution in [0, 0.1) is 11.7 Å². The number of likely N-dealkylation sites (tertiary alicyclic amines) is 1. The van der Waals surface area contributed by atoms with Crippen LogP contribution in [0.25, 0.3) is 0 Å². The van der Waals surface area contributed by atoms with E-state index < -0.39 is 0 Å². The molecule has 1 aromatic rings. The summed E-state index contributed by atoms with van der Waals surface area (Å²) in [5.41, 5.74) is 6.79. The zero-order chi connectivity index (χ0) is 13.8. The minimum absolute atomic E-state index is 0.0155. The van der Waals surface area contributed by atoms with E-state index in [2.05, 4.69) is 0 Å². The second kappa shape index (κ2) is 6.39. The molecule has 2 rings (SSSR count). The van der Waals surface area contributed by atoms with Crippen LogP contribution in [-0.4, -0.2) is 36.7 Å². The normalized spacial score (nSPS) is 18.9. The van der Waals surface area contributed by atoms with Gasteiger partial charge in [-0.3, -0.25) is 4.79 Å². The maximum absolute atomic E-state index is 13.6. The van der Waals surface area contributed by atoms with E-state index in [-0.39, 0.29) is 11.7 Å². The van der Waals surface area contributed by atoms with Crippen LogP contribution in [0.1, 0.15) is 22.3 Å². The van der Waals surface area contributed by atoms with Crippen molar-refractivity contribution in [3.63, 3.8) is 0 Å². The standard InChI is InChI=1S/C14H19FN2OS/c1-19-9-12-6-11(2-3-13(12)15)14(18)17-5-4-10(7-16)8-17/h2-3,6,10H,4-5,7-9,16H2,1H3. The predicted molar refractivity (Wildman–Crippen MR) is 76.7 cm³/mol. The highest BCUT2D eigenvalue weighted by molar-refractivity contribution is 7.97. The molecule has 0 bridgehead atoms. The number of amides is 1. The van der Waals surface area contributed by atoms with Crippen LogP contribution in [0.5, 0.6) is 0 Å². The fourth-order valence-corrected chi connectivity index (χ4v) is 2.90. The average molecular weight is 282 g/mol. The van der Waals surface area contributed by atoms with E-state index in [1.807, 2.05) is 11.2 Å². The molecule has 104 valence electrons. The number of carbonyl (C=O) groups excluding carboxylic acids is 1. The molecule has 5 heteroatoms. The Hall–Kier alpha value is -1.07. The Balaban J connectivity index is 2.13. The topological polar surface area (TPSA) is 46.3 Å². The Bertz CT molecular complexity index is 467. The van der Waals surface area contributed by atoms with E-state index in [9.17, 15) is 9.18 Å². The van der Waals surface area contributed by atoms with Gasteiger partial charge in [0.15, 0.2) is 0 Å². The summed E-state index contributed by atoms with van der Waals surface area (Å²) >= 11 is 1.54. The van der Waals surface area contributed by atoms with E-state index in [1.165, 1.54) is 6.07 Å². The van der Waals surface area contributed by atoms with Crippen LogP contribution in [0.3, 0.4) is 0 Å². The van der Waals surface area contributed by atoms with Crippen molar-refractivity contribution >= 4 is 17.7 Å². The largest absolute Gasteiger partial charge is 0.338 e. The molecule has 1 heterocycles. The lowest BCUT2D eigenvalue weighted by atomic mass is 10.1. The fraction of sp³-hybridized carbons (Fsp3) is 0.500. The van der Waals surface area contributed by atoms with Crippen molar-refractivity contribution in [2.45, 2.75) is 12.2 Å². The number of nitrogens with two attached hydrogens (primary N) is 1. The van der Waals surface area contributed by atoms with E-state index in [0.29, 0.717) is 35.9 Å². The molecule has 2 N–H and O–H groups in total. The minimum Gasteiger partial charge on any atom is -0.338 e. The van der Waals surface area contributed by atoms with Crippen molar-refractivity contribution in [1.29, 1.82) is 0 Å². The second-order valence-corrected chi connectivity index (χ2v) is 5.75. The molecule has 1 aliphatic rings. The minimum atomic E-state index is -0.243. The smallest absolute Gasteiger partial charge is 0.253 e.